The fourth-order valence-corrected chi connectivity index (χ4v) is 1.47. The normalized spacial score (nSPS) is 10.9. The van der Waals surface area contributed by atoms with Crippen LogP contribution in [0, 0.1) is 5.82 Å². The third kappa shape index (κ3) is 6.11. The molecule has 0 aliphatic heterocycles. The lowest BCUT2D eigenvalue weighted by atomic mass is 10.2. The number of carboxylic acid groups (broad SMARTS) is 1. The lowest BCUT2D eigenvalue weighted by molar-refractivity contribution is 0.0529. The summed E-state index contributed by atoms with van der Waals surface area (Å²) >= 11 is 0. The van der Waals surface area contributed by atoms with E-state index in [1.54, 1.807) is 20.8 Å². The SMILES string of the molecule is CC(C)(C)OC(=O)NCCNc1cc(C(=O)O)ccc1F. The number of nitrogens with one attached hydrogen (secondary N) is 2. The first-order valence-corrected chi connectivity index (χ1v) is 6.42. The van der Waals surface area contributed by atoms with Gasteiger partial charge in [-0.1, -0.05) is 0 Å². The number of carbonyl (C=O) groups is 2. The van der Waals surface area contributed by atoms with Gasteiger partial charge in [-0.25, -0.2) is 14.0 Å². The Morgan fingerprint density at radius 1 is 1.29 bits per heavy atom. The van der Waals surface area contributed by atoms with Gasteiger partial charge in [-0.2, -0.15) is 0 Å². The number of alkyl carbamates (subject to hydrolysis) is 1. The fourth-order valence-electron chi connectivity index (χ4n) is 1.47. The second-order valence-corrected chi connectivity index (χ2v) is 5.36. The summed E-state index contributed by atoms with van der Waals surface area (Å²) in [5.41, 5.74) is -0.528. The molecule has 0 heterocycles. The van der Waals surface area contributed by atoms with E-state index in [0.717, 1.165) is 6.07 Å². The second-order valence-electron chi connectivity index (χ2n) is 5.36. The summed E-state index contributed by atoms with van der Waals surface area (Å²) in [6, 6.07) is 3.46. The van der Waals surface area contributed by atoms with Crippen LogP contribution in [0.4, 0.5) is 14.9 Å². The Labute approximate surface area is 122 Å². The highest BCUT2D eigenvalue weighted by Crippen LogP contribution is 2.15. The highest BCUT2D eigenvalue weighted by atomic mass is 19.1. The molecule has 0 saturated carbocycles. The van der Waals surface area contributed by atoms with Crippen LogP contribution in [-0.2, 0) is 4.74 Å². The number of aromatic carboxylic acids is 1. The number of carboxylic acids is 1. The molecular weight excluding hydrogens is 279 g/mol. The Balaban J connectivity index is 2.44. The molecule has 0 radical (unpaired) electrons. The van der Waals surface area contributed by atoms with Crippen LogP contribution in [0.15, 0.2) is 18.2 Å². The summed E-state index contributed by atoms with van der Waals surface area (Å²) in [5.74, 6) is -1.69. The fraction of sp³-hybridized carbons (Fsp3) is 0.429. The first-order chi connectivity index (χ1) is 9.69. The average Bonchev–Trinajstić information content (AvgIpc) is 2.34. The van der Waals surface area contributed by atoms with Crippen molar-refractivity contribution in [3.05, 3.63) is 29.6 Å². The van der Waals surface area contributed by atoms with Gasteiger partial charge in [0.1, 0.15) is 11.4 Å². The number of amides is 1. The molecule has 1 aromatic rings. The highest BCUT2D eigenvalue weighted by molar-refractivity contribution is 5.88. The molecule has 0 bridgehead atoms. The van der Waals surface area contributed by atoms with E-state index in [9.17, 15) is 14.0 Å². The molecule has 3 N–H and O–H groups in total. The molecule has 6 nitrogen and oxygen atoms in total. The van der Waals surface area contributed by atoms with Gasteiger partial charge in [-0.3, -0.25) is 0 Å². The predicted octanol–water partition coefficient (Wildman–Crippen LogP) is 2.46. The molecule has 0 fully saturated rings. The number of benzene rings is 1. The van der Waals surface area contributed by atoms with Crippen molar-refractivity contribution in [2.24, 2.45) is 0 Å². The molecule has 116 valence electrons. The molecule has 0 aliphatic carbocycles. The van der Waals surface area contributed by atoms with Crippen LogP contribution in [0.2, 0.25) is 0 Å². The minimum atomic E-state index is -1.13. The summed E-state index contributed by atoms with van der Waals surface area (Å²) in [7, 11) is 0. The topological polar surface area (TPSA) is 87.7 Å². The van der Waals surface area contributed by atoms with E-state index in [4.69, 9.17) is 9.84 Å². The van der Waals surface area contributed by atoms with Gasteiger partial charge in [0, 0.05) is 13.1 Å². The van der Waals surface area contributed by atoms with Gasteiger partial charge in [-0.15, -0.1) is 0 Å². The number of halogens is 1. The van der Waals surface area contributed by atoms with Gasteiger partial charge < -0.3 is 20.5 Å². The van der Waals surface area contributed by atoms with E-state index in [-0.39, 0.29) is 24.3 Å². The maximum absolute atomic E-state index is 13.5. The van der Waals surface area contributed by atoms with Crippen molar-refractivity contribution in [3.63, 3.8) is 0 Å². The zero-order valence-corrected chi connectivity index (χ0v) is 12.2. The summed E-state index contributed by atoms with van der Waals surface area (Å²) in [4.78, 5) is 22.2. The van der Waals surface area contributed by atoms with Gasteiger partial charge in [0.05, 0.1) is 11.3 Å². The molecule has 0 spiro atoms. The van der Waals surface area contributed by atoms with E-state index >= 15 is 0 Å². The van der Waals surface area contributed by atoms with E-state index in [2.05, 4.69) is 10.6 Å². The Morgan fingerprint density at radius 2 is 1.95 bits per heavy atom. The van der Waals surface area contributed by atoms with Gasteiger partial charge in [-0.05, 0) is 39.0 Å². The largest absolute Gasteiger partial charge is 0.478 e. The number of hydrogen-bond donors (Lipinski definition) is 3. The maximum atomic E-state index is 13.5. The standard InChI is InChI=1S/C14H19FN2O4/c1-14(2,3)21-13(20)17-7-6-16-11-8-9(12(18)19)4-5-10(11)15/h4-5,8,16H,6-7H2,1-3H3,(H,17,20)(H,18,19). The Morgan fingerprint density at radius 3 is 2.52 bits per heavy atom. The second kappa shape index (κ2) is 6.92. The summed E-state index contributed by atoms with van der Waals surface area (Å²) < 4.78 is 18.5. The van der Waals surface area contributed by atoms with Crippen LogP contribution in [0.25, 0.3) is 0 Å². The van der Waals surface area contributed by atoms with Crippen molar-refractivity contribution in [2.45, 2.75) is 26.4 Å². The van der Waals surface area contributed by atoms with Gasteiger partial charge in [0.2, 0.25) is 0 Å². The van der Waals surface area contributed by atoms with E-state index < -0.39 is 23.5 Å². The third-order valence-electron chi connectivity index (χ3n) is 2.32. The Bertz CT molecular complexity index is 526. The first kappa shape index (κ1) is 16.7. The number of rotatable bonds is 5. The Hall–Kier alpha value is -2.31. The maximum Gasteiger partial charge on any atom is 0.407 e. The first-order valence-electron chi connectivity index (χ1n) is 6.42. The smallest absolute Gasteiger partial charge is 0.407 e. The zero-order chi connectivity index (χ0) is 16.0. The van der Waals surface area contributed by atoms with Gasteiger partial charge in [0.15, 0.2) is 0 Å². The number of hydrogen-bond acceptors (Lipinski definition) is 4. The van der Waals surface area contributed by atoms with Gasteiger partial charge >= 0.3 is 12.1 Å². The lowest BCUT2D eigenvalue weighted by Gasteiger charge is -2.19. The number of ether oxygens (including phenoxy) is 1. The zero-order valence-electron chi connectivity index (χ0n) is 12.2. The van der Waals surface area contributed by atoms with E-state index in [0.29, 0.717) is 0 Å². The van der Waals surface area contributed by atoms with Crippen LogP contribution < -0.4 is 10.6 Å². The molecular formula is C14H19FN2O4. The molecule has 21 heavy (non-hydrogen) atoms. The molecule has 0 saturated heterocycles. The minimum Gasteiger partial charge on any atom is -0.478 e. The van der Waals surface area contributed by atoms with Crippen molar-refractivity contribution in [2.75, 3.05) is 18.4 Å². The molecule has 0 unspecified atom stereocenters. The summed E-state index contributed by atoms with van der Waals surface area (Å²) in [6.45, 7) is 5.69. The van der Waals surface area contributed by atoms with Crippen LogP contribution in [0.1, 0.15) is 31.1 Å². The van der Waals surface area contributed by atoms with Crippen LogP contribution in [0.3, 0.4) is 0 Å². The lowest BCUT2D eigenvalue weighted by Crippen LogP contribution is -2.35. The molecule has 7 heteroatoms. The summed E-state index contributed by atoms with van der Waals surface area (Å²) in [5, 5.41) is 14.1. The number of carbonyl (C=O) groups excluding carboxylic acids is 1. The monoisotopic (exact) mass is 298 g/mol. The molecule has 1 aromatic carbocycles. The van der Waals surface area contributed by atoms with Crippen molar-refractivity contribution in [3.8, 4) is 0 Å². The van der Waals surface area contributed by atoms with E-state index in [1.807, 2.05) is 0 Å². The van der Waals surface area contributed by atoms with Crippen LogP contribution in [0.5, 0.6) is 0 Å². The summed E-state index contributed by atoms with van der Waals surface area (Å²) in [6.07, 6.45) is -0.566. The average molecular weight is 298 g/mol. The van der Waals surface area contributed by atoms with Crippen molar-refractivity contribution in [1.82, 2.24) is 5.32 Å². The molecule has 0 atom stereocenters. The van der Waals surface area contributed by atoms with Gasteiger partial charge in [0.25, 0.3) is 0 Å². The van der Waals surface area contributed by atoms with Crippen molar-refractivity contribution in [1.29, 1.82) is 0 Å². The molecule has 1 rings (SSSR count). The van der Waals surface area contributed by atoms with E-state index in [1.165, 1.54) is 12.1 Å². The molecule has 1 amide bonds. The minimum absolute atomic E-state index is 0.0148. The molecule has 0 aromatic heterocycles. The Kier molecular flexibility index (Phi) is 5.52. The quantitative estimate of drug-likeness (QED) is 0.727. The van der Waals surface area contributed by atoms with Crippen LogP contribution in [-0.4, -0.2) is 35.9 Å². The highest BCUT2D eigenvalue weighted by Gasteiger charge is 2.15. The van der Waals surface area contributed by atoms with Crippen molar-refractivity contribution < 1.29 is 23.8 Å². The third-order valence-corrected chi connectivity index (χ3v) is 2.32. The number of anilines is 1. The van der Waals surface area contributed by atoms with Crippen molar-refractivity contribution >= 4 is 17.7 Å². The van der Waals surface area contributed by atoms with Crippen LogP contribution >= 0.6 is 0 Å². The molecule has 0 aliphatic rings. The predicted molar refractivity (Wildman–Crippen MR) is 76.1 cm³/mol.